The minimum Gasteiger partial charge on any atom is -0.309 e. The van der Waals surface area contributed by atoms with Crippen LogP contribution in [0.3, 0.4) is 0 Å². The Morgan fingerprint density at radius 2 is 2.00 bits per heavy atom. The fourth-order valence-electron chi connectivity index (χ4n) is 2.32. The zero-order valence-corrected chi connectivity index (χ0v) is 14.2. The van der Waals surface area contributed by atoms with E-state index in [1.165, 1.54) is 25.7 Å². The fraction of sp³-hybridized carbons (Fsp3) is 0.714. The predicted molar refractivity (Wildman–Crippen MR) is 84.8 cm³/mol. The van der Waals surface area contributed by atoms with Gasteiger partial charge >= 0.3 is 0 Å². The van der Waals surface area contributed by atoms with E-state index in [1.807, 2.05) is 11.8 Å². The van der Waals surface area contributed by atoms with E-state index in [0.717, 1.165) is 22.5 Å². The van der Waals surface area contributed by atoms with E-state index in [2.05, 4.69) is 46.7 Å². The molecule has 0 unspecified atom stereocenters. The number of H-pyrrole nitrogens is 1. The van der Waals surface area contributed by atoms with Gasteiger partial charge in [0.05, 0.1) is 11.4 Å². The van der Waals surface area contributed by atoms with Crippen molar-refractivity contribution < 1.29 is 0 Å². The molecule has 0 radical (unpaired) electrons. The molecule has 1 saturated carbocycles. The SMILES string of the molecule is CC(C)(C)c1nc(CSC2CCCC2)[nH]c(=O)c1Br. The van der Waals surface area contributed by atoms with Gasteiger partial charge in [0.2, 0.25) is 0 Å². The number of hydrogen-bond acceptors (Lipinski definition) is 3. The van der Waals surface area contributed by atoms with Crippen LogP contribution in [0.5, 0.6) is 0 Å². The van der Waals surface area contributed by atoms with Gasteiger partial charge in [0.15, 0.2) is 0 Å². The van der Waals surface area contributed by atoms with Crippen molar-refractivity contribution in [3.63, 3.8) is 0 Å². The predicted octanol–water partition coefficient (Wildman–Crippen LogP) is 4.01. The van der Waals surface area contributed by atoms with Gasteiger partial charge in [-0.1, -0.05) is 33.6 Å². The lowest BCUT2D eigenvalue weighted by molar-refractivity contribution is 0.558. The van der Waals surface area contributed by atoms with Crippen molar-refractivity contribution >= 4 is 27.7 Å². The van der Waals surface area contributed by atoms with Gasteiger partial charge in [0.25, 0.3) is 5.56 Å². The average molecular weight is 345 g/mol. The minimum absolute atomic E-state index is 0.0676. The van der Waals surface area contributed by atoms with Crippen molar-refractivity contribution in [1.29, 1.82) is 0 Å². The van der Waals surface area contributed by atoms with Crippen molar-refractivity contribution in [3.05, 3.63) is 26.3 Å². The Labute approximate surface area is 127 Å². The van der Waals surface area contributed by atoms with E-state index in [1.54, 1.807) is 0 Å². The second kappa shape index (κ2) is 6.00. The first kappa shape index (κ1) is 15.1. The fourth-order valence-corrected chi connectivity index (χ4v) is 4.30. The first-order chi connectivity index (χ1) is 8.88. The summed E-state index contributed by atoms with van der Waals surface area (Å²) in [6.07, 6.45) is 5.29. The van der Waals surface area contributed by atoms with Gasteiger partial charge in [0, 0.05) is 10.7 Å². The maximum atomic E-state index is 12.0. The van der Waals surface area contributed by atoms with Crippen LogP contribution < -0.4 is 5.56 Å². The highest BCUT2D eigenvalue weighted by molar-refractivity contribution is 9.10. The molecule has 1 heterocycles. The van der Waals surface area contributed by atoms with Gasteiger partial charge in [-0.15, -0.1) is 0 Å². The van der Waals surface area contributed by atoms with Crippen LogP contribution in [-0.4, -0.2) is 15.2 Å². The standard InChI is InChI=1S/C14H21BrN2OS/c1-14(2,3)12-11(15)13(18)17-10(16-12)8-19-9-6-4-5-7-9/h9H,4-8H2,1-3H3,(H,16,17,18). The van der Waals surface area contributed by atoms with Gasteiger partial charge in [-0.3, -0.25) is 4.79 Å². The Balaban J connectivity index is 2.17. The molecule has 3 nitrogen and oxygen atoms in total. The van der Waals surface area contributed by atoms with Crippen LogP contribution in [0.15, 0.2) is 9.27 Å². The summed E-state index contributed by atoms with van der Waals surface area (Å²) in [5, 5.41) is 0.743. The molecular weight excluding hydrogens is 324 g/mol. The van der Waals surface area contributed by atoms with Crippen molar-refractivity contribution in [2.75, 3.05) is 0 Å². The van der Waals surface area contributed by atoms with E-state index in [0.29, 0.717) is 4.47 Å². The first-order valence-electron chi connectivity index (χ1n) is 6.78. The second-order valence-corrected chi connectivity index (χ2v) is 8.22. The highest BCUT2D eigenvalue weighted by Gasteiger charge is 2.22. The quantitative estimate of drug-likeness (QED) is 0.900. The van der Waals surface area contributed by atoms with E-state index in [-0.39, 0.29) is 11.0 Å². The molecule has 19 heavy (non-hydrogen) atoms. The lowest BCUT2D eigenvalue weighted by Crippen LogP contribution is -2.23. The number of aromatic amines is 1. The summed E-state index contributed by atoms with van der Waals surface area (Å²) < 4.78 is 0.564. The normalized spacial score (nSPS) is 17.1. The molecule has 0 atom stereocenters. The first-order valence-corrected chi connectivity index (χ1v) is 8.63. The lowest BCUT2D eigenvalue weighted by Gasteiger charge is -2.19. The van der Waals surface area contributed by atoms with Crippen molar-refractivity contribution in [2.24, 2.45) is 0 Å². The number of nitrogens with one attached hydrogen (secondary N) is 1. The summed E-state index contributed by atoms with van der Waals surface area (Å²) in [4.78, 5) is 19.5. The number of thioether (sulfide) groups is 1. The molecule has 0 aliphatic heterocycles. The summed E-state index contributed by atoms with van der Waals surface area (Å²) in [5.74, 6) is 1.60. The Bertz CT molecular complexity index is 501. The zero-order chi connectivity index (χ0) is 14.0. The van der Waals surface area contributed by atoms with Crippen LogP contribution in [-0.2, 0) is 11.2 Å². The van der Waals surface area contributed by atoms with Crippen LogP contribution >= 0.6 is 27.7 Å². The summed E-state index contributed by atoms with van der Waals surface area (Å²) in [5.41, 5.74) is 0.653. The van der Waals surface area contributed by atoms with E-state index in [4.69, 9.17) is 0 Å². The third-order valence-electron chi connectivity index (χ3n) is 3.38. The second-order valence-electron chi connectivity index (χ2n) is 6.14. The Morgan fingerprint density at radius 1 is 1.37 bits per heavy atom. The molecule has 1 aromatic heterocycles. The molecule has 0 spiro atoms. The van der Waals surface area contributed by atoms with Crippen molar-refractivity contribution in [2.45, 2.75) is 62.9 Å². The third-order valence-corrected chi connectivity index (χ3v) is 5.50. The van der Waals surface area contributed by atoms with Crippen LogP contribution in [0, 0.1) is 0 Å². The monoisotopic (exact) mass is 344 g/mol. The van der Waals surface area contributed by atoms with Gasteiger partial charge < -0.3 is 4.98 Å². The van der Waals surface area contributed by atoms with Crippen LogP contribution in [0.25, 0.3) is 0 Å². The van der Waals surface area contributed by atoms with Gasteiger partial charge in [-0.25, -0.2) is 4.98 Å². The number of halogens is 1. The summed E-state index contributed by atoms with van der Waals surface area (Å²) in [6.45, 7) is 6.23. The molecule has 5 heteroatoms. The average Bonchev–Trinajstić information content (AvgIpc) is 2.82. The summed E-state index contributed by atoms with van der Waals surface area (Å²) >= 11 is 5.28. The molecule has 0 saturated heterocycles. The largest absolute Gasteiger partial charge is 0.309 e. The van der Waals surface area contributed by atoms with E-state index >= 15 is 0 Å². The molecular formula is C14H21BrN2OS. The molecule has 1 aliphatic rings. The molecule has 106 valence electrons. The molecule has 2 rings (SSSR count). The maximum Gasteiger partial charge on any atom is 0.265 e. The van der Waals surface area contributed by atoms with Gasteiger partial charge in [-0.2, -0.15) is 11.8 Å². The van der Waals surface area contributed by atoms with Crippen LogP contribution in [0.1, 0.15) is 58.0 Å². The third kappa shape index (κ3) is 3.85. The smallest absolute Gasteiger partial charge is 0.265 e. The highest BCUT2D eigenvalue weighted by Crippen LogP contribution is 2.31. The summed E-state index contributed by atoms with van der Waals surface area (Å²) in [7, 11) is 0. The number of hydrogen-bond donors (Lipinski definition) is 1. The highest BCUT2D eigenvalue weighted by atomic mass is 79.9. The Morgan fingerprint density at radius 3 is 2.58 bits per heavy atom. The minimum atomic E-state index is -0.125. The van der Waals surface area contributed by atoms with Crippen LogP contribution in [0.4, 0.5) is 0 Å². The number of rotatable bonds is 3. The molecule has 0 aromatic carbocycles. The molecule has 1 N–H and O–H groups in total. The van der Waals surface area contributed by atoms with Gasteiger partial charge in [0.1, 0.15) is 10.3 Å². The number of nitrogens with zero attached hydrogens (tertiary/aromatic N) is 1. The van der Waals surface area contributed by atoms with Crippen molar-refractivity contribution in [3.8, 4) is 0 Å². The molecule has 1 fully saturated rings. The molecule has 1 aromatic rings. The maximum absolute atomic E-state index is 12.0. The zero-order valence-electron chi connectivity index (χ0n) is 11.8. The summed E-state index contributed by atoms with van der Waals surface area (Å²) in [6, 6.07) is 0. The van der Waals surface area contributed by atoms with Crippen LogP contribution in [0.2, 0.25) is 0 Å². The topological polar surface area (TPSA) is 45.8 Å². The van der Waals surface area contributed by atoms with E-state index in [9.17, 15) is 4.79 Å². The van der Waals surface area contributed by atoms with Gasteiger partial charge in [-0.05, 0) is 28.8 Å². The number of aromatic nitrogens is 2. The van der Waals surface area contributed by atoms with Crippen molar-refractivity contribution in [1.82, 2.24) is 9.97 Å². The lowest BCUT2D eigenvalue weighted by atomic mass is 9.92. The van der Waals surface area contributed by atoms with E-state index < -0.39 is 0 Å². The molecule has 0 bridgehead atoms. The molecule has 0 amide bonds. The Kier molecular flexibility index (Phi) is 4.77. The Hall–Kier alpha value is -0.290. The molecule has 1 aliphatic carbocycles.